The molecule has 0 saturated carbocycles. The molecule has 16 heteroatoms. The molecule has 2 saturated heterocycles. The molecule has 5 amide bonds. The van der Waals surface area contributed by atoms with Crippen LogP contribution in [0, 0.1) is 29.1 Å². The number of carbonyl (C=O) groups excluding carboxylic acids is 6. The van der Waals surface area contributed by atoms with E-state index in [9.17, 15) is 28.8 Å². The van der Waals surface area contributed by atoms with Gasteiger partial charge in [-0.3, -0.25) is 38.8 Å². The minimum absolute atomic E-state index is 0.0946. The normalized spacial score (nSPS) is 20.2. The molecular weight excluding hydrogens is 889 g/mol. The van der Waals surface area contributed by atoms with Crippen LogP contribution in [-0.2, 0) is 57.6 Å². The third kappa shape index (κ3) is 11.1. The number of nitrogens with zero attached hydrogens (tertiary/aromatic N) is 6. The summed E-state index contributed by atoms with van der Waals surface area (Å²) in [6, 6.07) is 15.6. The van der Waals surface area contributed by atoms with E-state index in [4.69, 9.17) is 14.5 Å². The first-order valence-corrected chi connectivity index (χ1v) is 24.4. The summed E-state index contributed by atoms with van der Waals surface area (Å²) in [6.45, 7) is 13.5. The zero-order chi connectivity index (χ0) is 50.6. The summed E-state index contributed by atoms with van der Waals surface area (Å²) < 4.78 is 14.3. The molecule has 2 aromatic heterocycles. The van der Waals surface area contributed by atoms with Crippen molar-refractivity contribution >= 4 is 46.4 Å². The maximum atomic E-state index is 14.8. The topological polar surface area (TPSA) is 176 Å². The molecule has 0 radical (unpaired) electrons. The molecular formula is C54H68N8O8. The van der Waals surface area contributed by atoms with Gasteiger partial charge in [-0.15, -0.1) is 0 Å². The predicted octanol–water partition coefficient (Wildman–Crippen LogP) is 5.17. The molecule has 5 heterocycles. The van der Waals surface area contributed by atoms with Crippen molar-refractivity contribution < 1.29 is 38.2 Å². The fourth-order valence-electron chi connectivity index (χ4n) is 10.0. The SMILES string of the molecule is CCn1c(-c2cccnc2[C@H](C)OC)c2c3cc(ccc31)-c1cccc(c1)C[C@H](NC(=O)[C@H](C(C)C)N(C)C(=O)[C@H]1CCN(C(=O)C#CC(=O)N(C)C)C1)C(=O)N1CCC[C@H](N1)C(=O)OCC(C)(C)C2. The van der Waals surface area contributed by atoms with Gasteiger partial charge in [-0.1, -0.05) is 58.0 Å². The first-order chi connectivity index (χ1) is 33.3. The van der Waals surface area contributed by atoms with Crippen molar-refractivity contribution in [2.75, 3.05) is 54.5 Å². The average Bonchev–Trinajstić information content (AvgIpc) is 3.96. The van der Waals surface area contributed by atoms with E-state index < -0.39 is 59.1 Å². The number of pyridine rings is 1. The number of nitrogens with one attached hydrogen (secondary N) is 2. The number of likely N-dealkylation sites (N-methyl/N-ethyl adjacent to an activating group) is 1. The number of hydrazine groups is 1. The molecule has 2 aromatic carbocycles. The number of rotatable bonds is 9. The lowest BCUT2D eigenvalue weighted by atomic mass is 9.84. The van der Waals surface area contributed by atoms with Gasteiger partial charge in [0.1, 0.15) is 18.1 Å². The summed E-state index contributed by atoms with van der Waals surface area (Å²) >= 11 is 0. The summed E-state index contributed by atoms with van der Waals surface area (Å²) in [4.78, 5) is 91.2. The Kier molecular flexibility index (Phi) is 15.8. The van der Waals surface area contributed by atoms with Crippen LogP contribution < -0.4 is 10.7 Å². The number of cyclic esters (lactones) is 1. The highest BCUT2D eigenvalue weighted by Gasteiger charge is 2.40. The van der Waals surface area contributed by atoms with Crippen LogP contribution >= 0.6 is 0 Å². The average molecular weight is 957 g/mol. The highest BCUT2D eigenvalue weighted by molar-refractivity contribution is 6.03. The summed E-state index contributed by atoms with van der Waals surface area (Å²) in [5.74, 6) is 0.973. The van der Waals surface area contributed by atoms with Crippen LogP contribution in [0.1, 0.15) is 83.7 Å². The smallest absolute Gasteiger partial charge is 0.324 e. The van der Waals surface area contributed by atoms with Gasteiger partial charge in [-0.2, -0.15) is 0 Å². The molecule has 3 aliphatic rings. The minimum Gasteiger partial charge on any atom is -0.464 e. The van der Waals surface area contributed by atoms with Gasteiger partial charge < -0.3 is 34.1 Å². The van der Waals surface area contributed by atoms with Gasteiger partial charge in [-0.05, 0) is 92.0 Å². The van der Waals surface area contributed by atoms with Gasteiger partial charge in [0, 0.05) is 101 Å². The van der Waals surface area contributed by atoms with E-state index in [1.807, 2.05) is 51.1 Å². The lowest BCUT2D eigenvalue weighted by Gasteiger charge is -2.37. The Morgan fingerprint density at radius 3 is 2.46 bits per heavy atom. The number of aryl methyl sites for hydroxylation is 1. The van der Waals surface area contributed by atoms with Gasteiger partial charge in [0.25, 0.3) is 17.7 Å². The number of methoxy groups -OCH3 is 1. The number of aromatic nitrogens is 2. The second-order valence-electron chi connectivity index (χ2n) is 20.2. The van der Waals surface area contributed by atoms with Crippen LogP contribution in [0.2, 0.25) is 0 Å². The molecule has 0 unspecified atom stereocenters. The Hall–Kier alpha value is -6.57. The number of carbonyl (C=O) groups is 6. The Morgan fingerprint density at radius 1 is 0.986 bits per heavy atom. The molecule has 16 nitrogen and oxygen atoms in total. The molecule has 7 rings (SSSR count). The lowest BCUT2D eigenvalue weighted by Crippen LogP contribution is -2.62. The van der Waals surface area contributed by atoms with Crippen LogP contribution in [0.5, 0.6) is 0 Å². The van der Waals surface area contributed by atoms with E-state index in [1.165, 1.54) is 19.7 Å². The summed E-state index contributed by atoms with van der Waals surface area (Å²) in [5, 5.41) is 5.53. The third-order valence-electron chi connectivity index (χ3n) is 13.8. The third-order valence-corrected chi connectivity index (χ3v) is 13.8. The van der Waals surface area contributed by atoms with E-state index in [0.717, 1.165) is 50.1 Å². The Morgan fingerprint density at radius 2 is 1.74 bits per heavy atom. The summed E-state index contributed by atoms with van der Waals surface area (Å²) in [6.07, 6.45) is 3.56. The van der Waals surface area contributed by atoms with E-state index in [-0.39, 0.29) is 44.0 Å². The monoisotopic (exact) mass is 957 g/mol. The maximum absolute atomic E-state index is 14.8. The lowest BCUT2D eigenvalue weighted by molar-refractivity contribution is -0.155. The standard InChI is InChI=1S/C54H68N8O8/c1-11-61-44-20-19-37-29-40(44)41(49(61)39-17-13-24-55-47(39)34(4)69-10)30-54(5,6)32-70-53(68)42-18-14-25-62(57-42)52(67)43(28-35-15-12-16-36(37)27-35)56-50(65)48(33(2)3)59(9)51(66)38-23-26-60(31-38)46(64)22-21-45(63)58(7)8/h12-13,15-17,19-20,24,27,29,33-34,38,42-43,48,57H,11,14,18,23,25-26,28,30-32H2,1-10H3,(H,56,65)/t34-,38-,42-,43-,48-/m0/s1. The predicted molar refractivity (Wildman–Crippen MR) is 266 cm³/mol. The molecule has 0 spiro atoms. The van der Waals surface area contributed by atoms with Crippen molar-refractivity contribution in [2.45, 2.75) is 104 Å². The molecule has 70 heavy (non-hydrogen) atoms. The van der Waals surface area contributed by atoms with Crippen LogP contribution in [0.3, 0.4) is 0 Å². The number of amides is 5. The number of likely N-dealkylation sites (tertiary alicyclic amines) is 1. The van der Waals surface area contributed by atoms with Crippen molar-refractivity contribution in [3.05, 3.63) is 77.6 Å². The molecule has 4 aromatic rings. The molecule has 0 aliphatic carbocycles. The number of hydrogen-bond donors (Lipinski definition) is 2. The maximum Gasteiger partial charge on any atom is 0.324 e. The highest BCUT2D eigenvalue weighted by Crippen LogP contribution is 2.42. The zero-order valence-corrected chi connectivity index (χ0v) is 42.3. The van der Waals surface area contributed by atoms with Crippen LogP contribution in [0.4, 0.5) is 0 Å². The van der Waals surface area contributed by atoms with Crippen molar-refractivity contribution in [1.29, 1.82) is 0 Å². The van der Waals surface area contributed by atoms with Crippen LogP contribution in [-0.4, -0.2) is 137 Å². The van der Waals surface area contributed by atoms with Crippen molar-refractivity contribution in [3.63, 3.8) is 0 Å². The van der Waals surface area contributed by atoms with E-state index >= 15 is 0 Å². The fraction of sp³-hybridized carbons (Fsp3) is 0.500. The quantitative estimate of drug-likeness (QED) is 0.168. The molecule has 6 bridgehead atoms. The second-order valence-corrected chi connectivity index (χ2v) is 20.2. The van der Waals surface area contributed by atoms with Crippen LogP contribution in [0.25, 0.3) is 33.3 Å². The fourth-order valence-corrected chi connectivity index (χ4v) is 10.0. The number of ether oxygens (including phenoxy) is 2. The zero-order valence-electron chi connectivity index (χ0n) is 42.3. The highest BCUT2D eigenvalue weighted by atomic mass is 16.5. The van der Waals surface area contributed by atoms with Crippen molar-refractivity contribution in [3.8, 4) is 34.2 Å². The molecule has 2 fully saturated rings. The van der Waals surface area contributed by atoms with E-state index in [1.54, 1.807) is 34.4 Å². The Balaban J connectivity index is 1.24. The van der Waals surface area contributed by atoms with Gasteiger partial charge in [-0.25, -0.2) is 5.43 Å². The second kappa shape index (κ2) is 21.6. The van der Waals surface area contributed by atoms with Crippen molar-refractivity contribution in [1.82, 2.24) is 40.0 Å². The van der Waals surface area contributed by atoms with Gasteiger partial charge in [0.2, 0.25) is 11.8 Å². The summed E-state index contributed by atoms with van der Waals surface area (Å²) in [7, 11) is 6.34. The van der Waals surface area contributed by atoms with Gasteiger partial charge >= 0.3 is 5.97 Å². The number of esters is 1. The molecule has 3 aliphatic heterocycles. The van der Waals surface area contributed by atoms with Crippen molar-refractivity contribution in [2.24, 2.45) is 17.3 Å². The molecule has 2 N–H and O–H groups in total. The molecule has 5 atom stereocenters. The molecule has 372 valence electrons. The Labute approximate surface area is 411 Å². The van der Waals surface area contributed by atoms with Crippen LogP contribution in [0.15, 0.2) is 60.8 Å². The largest absolute Gasteiger partial charge is 0.464 e. The number of hydrogen-bond acceptors (Lipinski definition) is 10. The van der Waals surface area contributed by atoms with Gasteiger partial charge in [0.15, 0.2) is 0 Å². The number of benzene rings is 2. The number of fused-ring (bicyclic) bond motifs is 6. The Bertz CT molecular complexity index is 2720. The first kappa shape index (κ1) is 51.3. The minimum atomic E-state index is -1.09. The van der Waals surface area contributed by atoms with E-state index in [2.05, 4.69) is 72.2 Å². The first-order valence-electron chi connectivity index (χ1n) is 24.4. The summed E-state index contributed by atoms with van der Waals surface area (Å²) in [5.41, 5.74) is 10.3. The van der Waals surface area contributed by atoms with Gasteiger partial charge in [0.05, 0.1) is 30.0 Å². The van der Waals surface area contributed by atoms with E-state index in [0.29, 0.717) is 38.8 Å².